The molecule has 0 saturated carbocycles. The van der Waals surface area contributed by atoms with E-state index in [9.17, 15) is 0 Å². The molecule has 1 aliphatic heterocycles. The van der Waals surface area contributed by atoms with Gasteiger partial charge in [0.25, 0.3) is 0 Å². The van der Waals surface area contributed by atoms with Crippen molar-refractivity contribution in [1.29, 1.82) is 0 Å². The second kappa shape index (κ2) is 12.1. The second-order valence-electron chi connectivity index (χ2n) is 12.8. The van der Waals surface area contributed by atoms with Crippen LogP contribution in [-0.2, 0) is 9.47 Å². The third kappa shape index (κ3) is 6.72. The molecule has 2 aliphatic carbocycles. The first-order chi connectivity index (χ1) is 16.1. The molecule has 0 N–H and O–H groups in total. The number of rotatable bonds is 12. The van der Waals surface area contributed by atoms with E-state index in [1.54, 1.807) is 35.2 Å². The molecule has 34 heavy (non-hydrogen) atoms. The van der Waals surface area contributed by atoms with Crippen molar-refractivity contribution in [1.82, 2.24) is 0 Å². The maximum absolute atomic E-state index is 6.66. The van der Waals surface area contributed by atoms with E-state index >= 15 is 0 Å². The Morgan fingerprint density at radius 1 is 0.882 bits per heavy atom. The minimum atomic E-state index is -2.35. The van der Waals surface area contributed by atoms with Crippen LogP contribution in [0, 0.1) is 0 Å². The fourth-order valence-electron chi connectivity index (χ4n) is 6.48. The zero-order valence-corrected chi connectivity index (χ0v) is 27.7. The molecule has 1 saturated heterocycles. The van der Waals surface area contributed by atoms with Gasteiger partial charge >= 0.3 is 218 Å². The van der Waals surface area contributed by atoms with Gasteiger partial charge in [-0.3, -0.25) is 0 Å². The van der Waals surface area contributed by atoms with Crippen molar-refractivity contribution in [3.05, 3.63) is 32.1 Å². The Bertz CT molecular complexity index is 764. The van der Waals surface area contributed by atoms with E-state index in [1.165, 1.54) is 64.2 Å². The van der Waals surface area contributed by atoms with Crippen molar-refractivity contribution in [3.8, 4) is 0 Å². The molecular weight excluding hydrogens is 539 g/mol. The molecular formula is C30H54O2SiSn. The van der Waals surface area contributed by atoms with Crippen LogP contribution in [0.15, 0.2) is 32.1 Å². The van der Waals surface area contributed by atoms with E-state index in [2.05, 4.69) is 64.4 Å². The topological polar surface area (TPSA) is 18.5 Å². The number of hydrogen-bond donors (Lipinski definition) is 0. The first kappa shape index (κ1) is 28.7. The number of unbranched alkanes of at least 4 members (excludes halogenated alkanes) is 3. The van der Waals surface area contributed by atoms with Gasteiger partial charge in [-0.05, 0) is 0 Å². The zero-order chi connectivity index (χ0) is 25.0. The number of hydrogen-bond acceptors (Lipinski definition) is 2. The summed E-state index contributed by atoms with van der Waals surface area (Å²) in [7, 11) is -1.57. The van der Waals surface area contributed by atoms with Crippen LogP contribution in [0.5, 0.6) is 0 Å². The van der Waals surface area contributed by atoms with Gasteiger partial charge in [0.15, 0.2) is 0 Å². The molecule has 4 heteroatoms. The number of fused-ring (bicyclic) bond motifs is 2. The molecule has 1 fully saturated rings. The number of ether oxygens (including phenoxy) is 2. The Morgan fingerprint density at radius 2 is 1.41 bits per heavy atom. The zero-order valence-electron chi connectivity index (χ0n) is 23.8. The third-order valence-corrected chi connectivity index (χ3v) is 24.4. The Labute approximate surface area is 216 Å². The molecule has 194 valence electrons. The fourth-order valence-corrected chi connectivity index (χ4v) is 22.7. The summed E-state index contributed by atoms with van der Waals surface area (Å²) in [4.78, 5) is 0. The van der Waals surface area contributed by atoms with Gasteiger partial charge in [-0.25, -0.2) is 0 Å². The average molecular weight is 594 g/mol. The fraction of sp³-hybridized carbons (Fsp3) is 0.800. The first-order valence-corrected chi connectivity index (χ1v) is 25.8. The Hall–Kier alpha value is 0.156. The van der Waals surface area contributed by atoms with Crippen LogP contribution in [0.3, 0.4) is 0 Å². The van der Waals surface area contributed by atoms with Crippen molar-refractivity contribution in [2.24, 2.45) is 0 Å². The SMILES string of the molecule is CCC[CH2][Sn](/[CH]=C/C(=C1/C2=C(CCCC2)[C@H]2OC(C)(C)O[C@@H]12)[Si](C)(C)C)([CH2]CCC)[CH2]CCC. The molecule has 3 aliphatic rings. The summed E-state index contributed by atoms with van der Waals surface area (Å²) in [6.07, 6.45) is 16.4. The summed E-state index contributed by atoms with van der Waals surface area (Å²) < 4.78 is 20.7. The van der Waals surface area contributed by atoms with E-state index < -0.39 is 32.2 Å². The predicted octanol–water partition coefficient (Wildman–Crippen LogP) is 9.51. The van der Waals surface area contributed by atoms with Crippen LogP contribution in [0.4, 0.5) is 0 Å². The molecule has 0 radical (unpaired) electrons. The van der Waals surface area contributed by atoms with Crippen molar-refractivity contribution < 1.29 is 9.47 Å². The summed E-state index contributed by atoms with van der Waals surface area (Å²) in [6, 6.07) is 0. The van der Waals surface area contributed by atoms with E-state index in [4.69, 9.17) is 9.47 Å². The summed E-state index contributed by atoms with van der Waals surface area (Å²) >= 11 is -2.35. The minimum absolute atomic E-state index is 0.121. The van der Waals surface area contributed by atoms with Crippen molar-refractivity contribution in [2.45, 2.75) is 150 Å². The molecule has 0 aromatic rings. The normalized spacial score (nSPS) is 26.4. The Balaban J connectivity index is 2.10. The van der Waals surface area contributed by atoms with E-state index in [0.29, 0.717) is 0 Å². The molecule has 3 rings (SSSR count). The van der Waals surface area contributed by atoms with Gasteiger partial charge in [-0.15, -0.1) is 0 Å². The first-order valence-electron chi connectivity index (χ1n) is 14.6. The standard InChI is InChI=1S/C18H27O2Si.3C4H9.Sn/c1-7-14(21(4,5)6)15-12-10-8-9-11-13(12)16-17(15)20-18(2,3)19-16;3*1-3-4-2;/h1,7,16-17H,8-11H2,2-6H3;3*1,3-4H2,2H3;/b7-1?,15-14+;;;;/t16-,17+;;;;/m1..../s1. The number of allylic oxidation sites excluding steroid dienone is 2. The van der Waals surface area contributed by atoms with Crippen molar-refractivity contribution in [2.75, 3.05) is 0 Å². The van der Waals surface area contributed by atoms with E-state index in [1.807, 2.05) is 0 Å². The Kier molecular flexibility index (Phi) is 10.2. The van der Waals surface area contributed by atoms with Gasteiger partial charge in [0.05, 0.1) is 0 Å². The van der Waals surface area contributed by atoms with Crippen LogP contribution in [-0.4, -0.2) is 44.4 Å². The molecule has 0 spiro atoms. The maximum atomic E-state index is 6.66. The van der Waals surface area contributed by atoms with Gasteiger partial charge in [-0.1, -0.05) is 0 Å². The molecule has 0 bridgehead atoms. The molecule has 2 atom stereocenters. The van der Waals surface area contributed by atoms with Gasteiger partial charge in [0, 0.05) is 0 Å². The third-order valence-electron chi connectivity index (χ3n) is 8.35. The molecule has 0 amide bonds. The van der Waals surface area contributed by atoms with Gasteiger partial charge in [-0.2, -0.15) is 0 Å². The van der Waals surface area contributed by atoms with E-state index in [-0.39, 0.29) is 12.2 Å². The van der Waals surface area contributed by atoms with Crippen LogP contribution in [0.2, 0.25) is 33.0 Å². The molecule has 0 aromatic carbocycles. The molecule has 0 unspecified atom stereocenters. The Morgan fingerprint density at radius 3 is 1.94 bits per heavy atom. The van der Waals surface area contributed by atoms with Gasteiger partial charge < -0.3 is 0 Å². The van der Waals surface area contributed by atoms with Gasteiger partial charge in [0.2, 0.25) is 0 Å². The predicted molar refractivity (Wildman–Crippen MR) is 154 cm³/mol. The van der Waals surface area contributed by atoms with Crippen LogP contribution < -0.4 is 0 Å². The summed E-state index contributed by atoms with van der Waals surface area (Å²) in [6.45, 7) is 19.0. The van der Waals surface area contributed by atoms with Crippen LogP contribution in [0.1, 0.15) is 98.8 Å². The van der Waals surface area contributed by atoms with Crippen molar-refractivity contribution >= 4 is 26.5 Å². The molecule has 2 nitrogen and oxygen atoms in total. The van der Waals surface area contributed by atoms with Crippen molar-refractivity contribution in [3.63, 3.8) is 0 Å². The summed E-state index contributed by atoms with van der Waals surface area (Å²) in [5.41, 5.74) is 4.79. The molecule has 0 aromatic heterocycles. The van der Waals surface area contributed by atoms with Crippen LogP contribution >= 0.6 is 0 Å². The van der Waals surface area contributed by atoms with Crippen LogP contribution in [0.25, 0.3) is 0 Å². The van der Waals surface area contributed by atoms with Gasteiger partial charge in [0.1, 0.15) is 0 Å². The average Bonchev–Trinajstić information content (AvgIpc) is 3.24. The second-order valence-corrected chi connectivity index (χ2v) is 30.8. The monoisotopic (exact) mass is 594 g/mol. The quantitative estimate of drug-likeness (QED) is 0.210. The summed E-state index contributed by atoms with van der Waals surface area (Å²) in [5.74, 6) is -0.475. The summed E-state index contributed by atoms with van der Waals surface area (Å²) in [5, 5.41) is 1.68. The molecule has 1 heterocycles. The van der Waals surface area contributed by atoms with E-state index in [0.717, 1.165) is 0 Å².